The van der Waals surface area contributed by atoms with Crippen LogP contribution in [0.3, 0.4) is 0 Å². The topological polar surface area (TPSA) is 30.7 Å². The quantitative estimate of drug-likeness (QED) is 0.114. The molecule has 0 saturated heterocycles. The van der Waals surface area contributed by atoms with E-state index in [0.717, 1.165) is 53.9 Å². The van der Waals surface area contributed by atoms with Gasteiger partial charge in [0.15, 0.2) is 5.82 Å². The molecule has 0 fully saturated rings. The highest BCUT2D eigenvalue weighted by Crippen LogP contribution is 2.46. The van der Waals surface area contributed by atoms with Crippen molar-refractivity contribution in [2.45, 2.75) is 78.2 Å². The van der Waals surface area contributed by atoms with Crippen LogP contribution in [0.5, 0.6) is 0 Å². The molecule has 3 heteroatoms. The second-order valence-electron chi connectivity index (χ2n) is 21.7. The monoisotopic (exact) mass is 946 g/mol. The maximum Gasteiger partial charge on any atom is 0.160 e. The Labute approximate surface area is 431 Å². The number of fused-ring (bicyclic) bond motifs is 3. The van der Waals surface area contributed by atoms with E-state index in [1.165, 1.54) is 83.0 Å². The van der Waals surface area contributed by atoms with Gasteiger partial charge in [-0.05, 0) is 123 Å². The molecule has 0 spiro atoms. The summed E-state index contributed by atoms with van der Waals surface area (Å²) < 4.78 is 2.69. The summed E-state index contributed by atoms with van der Waals surface area (Å²) in [7, 11) is 0. The molecule has 2 aromatic heterocycles. The third-order valence-electron chi connectivity index (χ3n) is 14.6. The number of unbranched alkanes of at least 4 members (excludes halogenated alkanes) is 1. The molecule has 0 amide bonds. The molecule has 0 saturated carbocycles. The molecule has 0 aliphatic heterocycles. The molecule has 0 N–H and O–H groups in total. The van der Waals surface area contributed by atoms with Crippen molar-refractivity contribution in [2.24, 2.45) is 0 Å². The van der Waals surface area contributed by atoms with Crippen molar-refractivity contribution < 1.29 is 0 Å². The highest BCUT2D eigenvalue weighted by molar-refractivity contribution is 6.17. The van der Waals surface area contributed by atoms with Crippen LogP contribution in [0.2, 0.25) is 0 Å². The van der Waals surface area contributed by atoms with Gasteiger partial charge in [0.1, 0.15) is 0 Å². The van der Waals surface area contributed by atoms with Gasteiger partial charge in [-0.25, -0.2) is 9.97 Å². The fourth-order valence-corrected chi connectivity index (χ4v) is 10.6. The minimum atomic E-state index is -0.0413. The number of hydrogen-bond acceptors (Lipinski definition) is 2. The van der Waals surface area contributed by atoms with E-state index in [9.17, 15) is 0 Å². The molecule has 11 rings (SSSR count). The van der Waals surface area contributed by atoms with Crippen LogP contribution in [-0.2, 0) is 23.8 Å². The van der Waals surface area contributed by atoms with Gasteiger partial charge in [-0.3, -0.25) is 0 Å². The van der Waals surface area contributed by atoms with Crippen LogP contribution in [0, 0.1) is 0 Å². The van der Waals surface area contributed by atoms with E-state index in [1.807, 2.05) is 6.07 Å². The normalized spacial score (nSPS) is 11.9. The molecule has 0 unspecified atom stereocenters. The van der Waals surface area contributed by atoms with E-state index in [4.69, 9.17) is 9.97 Å². The minimum absolute atomic E-state index is 0.0413. The van der Waals surface area contributed by atoms with Gasteiger partial charge in [0, 0.05) is 45.1 Å². The Balaban J connectivity index is 1.07. The molecule has 73 heavy (non-hydrogen) atoms. The molecule has 0 atom stereocenters. The fraction of sp³-hybridized carbons (Fsp3) is 0.171. The van der Waals surface area contributed by atoms with Gasteiger partial charge >= 0.3 is 0 Å². The van der Waals surface area contributed by atoms with Crippen molar-refractivity contribution in [2.75, 3.05) is 0 Å². The van der Waals surface area contributed by atoms with E-state index < -0.39 is 0 Å². The summed E-state index contributed by atoms with van der Waals surface area (Å²) in [5.41, 5.74) is 21.4. The van der Waals surface area contributed by atoms with Crippen LogP contribution in [0.15, 0.2) is 224 Å². The summed E-state index contributed by atoms with van der Waals surface area (Å²) in [4.78, 5) is 10.5. The van der Waals surface area contributed by atoms with Crippen molar-refractivity contribution in [1.82, 2.24) is 14.5 Å². The van der Waals surface area contributed by atoms with Gasteiger partial charge in [0.05, 0.1) is 22.4 Å². The van der Waals surface area contributed by atoms with E-state index in [-0.39, 0.29) is 10.8 Å². The van der Waals surface area contributed by atoms with Crippen LogP contribution in [0.25, 0.3) is 100 Å². The lowest BCUT2D eigenvalue weighted by molar-refractivity contribution is 0.590. The molecular formula is C70H63N3. The number of nitrogens with zero attached hydrogens (tertiary/aromatic N) is 3. The molecule has 0 bridgehead atoms. The van der Waals surface area contributed by atoms with Crippen molar-refractivity contribution in [3.63, 3.8) is 0 Å². The van der Waals surface area contributed by atoms with E-state index in [2.05, 4.69) is 264 Å². The lowest BCUT2D eigenvalue weighted by atomic mass is 9.82. The van der Waals surface area contributed by atoms with E-state index in [1.54, 1.807) is 0 Å². The van der Waals surface area contributed by atoms with Crippen LogP contribution in [0.1, 0.15) is 71.1 Å². The van der Waals surface area contributed by atoms with Gasteiger partial charge in [-0.15, -0.1) is 0 Å². The molecule has 2 heterocycles. The second-order valence-corrected chi connectivity index (χ2v) is 21.7. The second kappa shape index (κ2) is 19.8. The smallest absolute Gasteiger partial charge is 0.160 e. The lowest BCUT2D eigenvalue weighted by Gasteiger charge is -2.22. The Morgan fingerprint density at radius 3 is 1.10 bits per heavy atom. The zero-order valence-electron chi connectivity index (χ0n) is 43.0. The van der Waals surface area contributed by atoms with Crippen molar-refractivity contribution in [1.29, 1.82) is 0 Å². The summed E-state index contributed by atoms with van der Waals surface area (Å²) >= 11 is 0. The van der Waals surface area contributed by atoms with E-state index >= 15 is 0 Å². The third-order valence-corrected chi connectivity index (χ3v) is 14.6. The first-order chi connectivity index (χ1) is 35.5. The van der Waals surface area contributed by atoms with Gasteiger partial charge in [0.2, 0.25) is 0 Å². The largest absolute Gasteiger partial charge is 0.339 e. The Bertz CT molecular complexity index is 3460. The SMILES string of the molecule is CC(C)(C)c1cc(-c2ccccc2)c2c(c1)c1cc(C(C)(C)C)cc(-c3ccccc3)c1n2CCCCc1c(-c2ccccc2)cc(-c2cc(-c3ccccc3)nc(-c3ccccc3)n2)cc1-c1ccccc1. The van der Waals surface area contributed by atoms with Crippen molar-refractivity contribution in [3.8, 4) is 78.4 Å². The molecule has 3 nitrogen and oxygen atoms in total. The lowest BCUT2D eigenvalue weighted by Crippen LogP contribution is -2.11. The van der Waals surface area contributed by atoms with Crippen LogP contribution in [-0.4, -0.2) is 14.5 Å². The van der Waals surface area contributed by atoms with Crippen LogP contribution in [0.4, 0.5) is 0 Å². The summed E-state index contributed by atoms with van der Waals surface area (Å²) in [5, 5.41) is 2.65. The first-order valence-corrected chi connectivity index (χ1v) is 26.0. The molecule has 0 aliphatic carbocycles. The maximum absolute atomic E-state index is 5.33. The molecule has 11 aromatic rings. The average molecular weight is 946 g/mol. The molecule has 0 radical (unpaired) electrons. The number of aryl methyl sites for hydroxylation is 1. The minimum Gasteiger partial charge on any atom is -0.339 e. The van der Waals surface area contributed by atoms with Gasteiger partial charge in [-0.1, -0.05) is 224 Å². The highest BCUT2D eigenvalue weighted by atomic mass is 15.0. The highest BCUT2D eigenvalue weighted by Gasteiger charge is 2.26. The maximum atomic E-state index is 5.33. The number of benzene rings is 9. The number of hydrogen-bond donors (Lipinski definition) is 0. The Kier molecular flexibility index (Phi) is 12.8. The van der Waals surface area contributed by atoms with Gasteiger partial charge in [-0.2, -0.15) is 0 Å². The predicted octanol–water partition coefficient (Wildman–Crippen LogP) is 18.9. The molecule has 0 aliphatic rings. The van der Waals surface area contributed by atoms with Crippen molar-refractivity contribution >= 4 is 21.8 Å². The van der Waals surface area contributed by atoms with Crippen LogP contribution < -0.4 is 0 Å². The first-order valence-electron chi connectivity index (χ1n) is 26.0. The summed E-state index contributed by atoms with van der Waals surface area (Å²) in [6, 6.07) is 81.7. The predicted molar refractivity (Wildman–Crippen MR) is 310 cm³/mol. The van der Waals surface area contributed by atoms with Crippen molar-refractivity contribution in [3.05, 3.63) is 241 Å². The third kappa shape index (κ3) is 9.68. The average Bonchev–Trinajstić information content (AvgIpc) is 3.75. The fourth-order valence-electron chi connectivity index (χ4n) is 10.6. The summed E-state index contributed by atoms with van der Waals surface area (Å²) in [6.07, 6.45) is 2.88. The Morgan fingerprint density at radius 2 is 0.699 bits per heavy atom. The summed E-state index contributed by atoms with van der Waals surface area (Å²) in [6.45, 7) is 14.9. The summed E-state index contributed by atoms with van der Waals surface area (Å²) in [5.74, 6) is 0.712. The zero-order chi connectivity index (χ0) is 50.1. The Hall–Kier alpha value is -8.14. The zero-order valence-corrected chi connectivity index (χ0v) is 43.0. The number of aromatic nitrogens is 3. The van der Waals surface area contributed by atoms with E-state index in [0.29, 0.717) is 5.82 Å². The molecule has 9 aromatic carbocycles. The molecular weight excluding hydrogens is 883 g/mol. The van der Waals surface area contributed by atoms with Gasteiger partial charge < -0.3 is 4.57 Å². The van der Waals surface area contributed by atoms with Gasteiger partial charge in [0.25, 0.3) is 0 Å². The first kappa shape index (κ1) is 47.2. The standard InChI is InChI=1S/C70H63N3/c1-69(2,3)55-43-60(50-31-17-9-18-32-50)66-62(45-55)63-46-56(70(4,5)6)44-61(51-33-19-10-20-34-51)67(63)73(66)40-26-25-39-57-58(48-27-13-7-14-28-48)41-54(42-59(57)49-29-15-8-16-30-49)65-47-64(52-35-21-11-22-36-52)71-68(72-65)53-37-23-12-24-38-53/h7-24,27-38,41-47H,25-26,39-40H2,1-6H3. The molecule has 358 valence electrons. The Morgan fingerprint density at radius 1 is 0.342 bits per heavy atom. The van der Waals surface area contributed by atoms with Crippen LogP contribution >= 0.6 is 0 Å². The number of rotatable bonds is 12.